The van der Waals surface area contributed by atoms with Gasteiger partial charge in [0, 0.05) is 17.5 Å². The van der Waals surface area contributed by atoms with Crippen LogP contribution in [0.25, 0.3) is 11.0 Å². The molecule has 10 atom stereocenters. The molecule has 4 rings (SSSR count). The summed E-state index contributed by atoms with van der Waals surface area (Å²) in [6.07, 6.45) is -15.6. The number of aryl methyl sites for hydroxylation is 1. The minimum Gasteiger partial charge on any atom is -0.462 e. The summed E-state index contributed by atoms with van der Waals surface area (Å²) in [7, 11) is 0. The van der Waals surface area contributed by atoms with E-state index in [-0.39, 0.29) is 11.3 Å². The molecule has 0 bridgehead atoms. The zero-order valence-electron chi connectivity index (χ0n) is 18.6. The number of aliphatic hydroxyl groups excluding tert-OH is 7. The lowest BCUT2D eigenvalue weighted by Crippen LogP contribution is -2.65. The summed E-state index contributed by atoms with van der Waals surface area (Å²) >= 11 is 0. The van der Waals surface area contributed by atoms with Crippen LogP contribution in [0.4, 0.5) is 0 Å². The van der Waals surface area contributed by atoms with Gasteiger partial charge >= 0.3 is 5.63 Å². The fourth-order valence-corrected chi connectivity index (χ4v) is 4.17. The van der Waals surface area contributed by atoms with Crippen LogP contribution in [0.2, 0.25) is 0 Å². The normalized spacial score (nSPS) is 37.9. The molecule has 13 heteroatoms. The molecule has 194 valence electrons. The maximum absolute atomic E-state index is 11.7. The van der Waals surface area contributed by atoms with E-state index >= 15 is 0 Å². The van der Waals surface area contributed by atoms with E-state index in [1.54, 1.807) is 19.1 Å². The minimum absolute atomic E-state index is 0.146. The van der Waals surface area contributed by atoms with E-state index in [1.165, 1.54) is 12.1 Å². The maximum atomic E-state index is 11.7. The molecule has 4 unspecified atom stereocenters. The number of aliphatic hydroxyl groups is 7. The molecule has 0 spiro atoms. The topological polar surface area (TPSA) is 209 Å². The molecule has 13 nitrogen and oxygen atoms in total. The van der Waals surface area contributed by atoms with Crippen molar-refractivity contribution in [1.29, 1.82) is 0 Å². The first-order chi connectivity index (χ1) is 16.6. The number of rotatable bonds is 6. The third-order valence-corrected chi connectivity index (χ3v) is 6.14. The van der Waals surface area contributed by atoms with Crippen LogP contribution in [0, 0.1) is 6.92 Å². The van der Waals surface area contributed by atoms with Gasteiger partial charge in [0.1, 0.15) is 60.2 Å². The van der Waals surface area contributed by atoms with Crippen molar-refractivity contribution in [2.45, 2.75) is 68.3 Å². The van der Waals surface area contributed by atoms with Crippen molar-refractivity contribution >= 4 is 11.0 Å². The highest BCUT2D eigenvalue weighted by Gasteiger charge is 2.51. The van der Waals surface area contributed by atoms with Crippen LogP contribution in [0.15, 0.2) is 33.5 Å². The third-order valence-electron chi connectivity index (χ3n) is 6.14. The van der Waals surface area contributed by atoms with Gasteiger partial charge in [-0.1, -0.05) is 0 Å². The Morgan fingerprint density at radius 1 is 0.829 bits per heavy atom. The van der Waals surface area contributed by atoms with Crippen molar-refractivity contribution in [3.63, 3.8) is 0 Å². The van der Waals surface area contributed by atoms with Gasteiger partial charge in [0.15, 0.2) is 6.29 Å². The minimum atomic E-state index is -1.76. The summed E-state index contributed by atoms with van der Waals surface area (Å²) in [6, 6.07) is 5.94. The molecule has 35 heavy (non-hydrogen) atoms. The quantitative estimate of drug-likeness (QED) is 0.199. The van der Waals surface area contributed by atoms with Crippen molar-refractivity contribution in [1.82, 2.24) is 0 Å². The molecule has 0 aliphatic carbocycles. The van der Waals surface area contributed by atoms with Gasteiger partial charge in [0.2, 0.25) is 6.29 Å². The highest BCUT2D eigenvalue weighted by Crippen LogP contribution is 2.31. The first kappa shape index (κ1) is 25.9. The van der Waals surface area contributed by atoms with Crippen LogP contribution in [0.5, 0.6) is 5.75 Å². The average molecular weight is 500 g/mol. The number of ether oxygens (including phenoxy) is 4. The fourth-order valence-electron chi connectivity index (χ4n) is 4.17. The number of benzene rings is 1. The second-order valence-electron chi connectivity index (χ2n) is 8.53. The largest absolute Gasteiger partial charge is 0.462 e. The molecule has 2 fully saturated rings. The molecule has 2 saturated heterocycles. The molecule has 0 saturated carbocycles. The van der Waals surface area contributed by atoms with Gasteiger partial charge in [-0.05, 0) is 24.6 Å². The van der Waals surface area contributed by atoms with E-state index in [1.807, 2.05) is 0 Å². The number of hydrogen-bond acceptors (Lipinski definition) is 13. The number of hydrogen-bond donors (Lipinski definition) is 7. The number of fused-ring (bicyclic) bond motifs is 1. The van der Waals surface area contributed by atoms with Gasteiger partial charge in [0.05, 0.1) is 13.2 Å². The maximum Gasteiger partial charge on any atom is 0.336 e. The summed E-state index contributed by atoms with van der Waals surface area (Å²) in [5.41, 5.74) is 0.381. The molecule has 3 heterocycles. The van der Waals surface area contributed by atoms with Crippen LogP contribution in [0.1, 0.15) is 5.56 Å². The Hall–Kier alpha value is -2.17. The Kier molecular flexibility index (Phi) is 7.73. The summed E-state index contributed by atoms with van der Waals surface area (Å²) in [6.45, 7) is 0.352. The fraction of sp³-hybridized carbons (Fsp3) is 0.591. The highest BCUT2D eigenvalue weighted by atomic mass is 16.7. The molecule has 1 aromatic heterocycles. The Morgan fingerprint density at radius 2 is 1.49 bits per heavy atom. The zero-order valence-corrected chi connectivity index (χ0v) is 18.6. The molecule has 2 aliphatic rings. The van der Waals surface area contributed by atoms with E-state index in [0.29, 0.717) is 10.9 Å². The molecule has 2 aliphatic heterocycles. The molecule has 0 radical (unpaired) electrons. The average Bonchev–Trinajstić information content (AvgIpc) is 2.83. The second kappa shape index (κ2) is 10.4. The van der Waals surface area contributed by atoms with Gasteiger partial charge in [0.25, 0.3) is 0 Å². The van der Waals surface area contributed by atoms with Gasteiger partial charge in [-0.2, -0.15) is 0 Å². The summed E-state index contributed by atoms with van der Waals surface area (Å²) < 4.78 is 27.1. The van der Waals surface area contributed by atoms with E-state index in [4.69, 9.17) is 23.4 Å². The highest BCUT2D eigenvalue weighted by molar-refractivity contribution is 5.81. The first-order valence-electron chi connectivity index (χ1n) is 10.9. The molecular weight excluding hydrogens is 472 g/mol. The molecule has 0 amide bonds. The van der Waals surface area contributed by atoms with Crippen molar-refractivity contribution < 1.29 is 59.1 Å². The molecule has 7 N–H and O–H groups in total. The Bertz CT molecular complexity index is 1070. The predicted octanol–water partition coefficient (Wildman–Crippen LogP) is -2.90. The van der Waals surface area contributed by atoms with Crippen LogP contribution in [-0.2, 0) is 14.2 Å². The van der Waals surface area contributed by atoms with E-state index in [0.717, 1.165) is 0 Å². The summed E-state index contributed by atoms with van der Waals surface area (Å²) in [4.78, 5) is 11.7. The van der Waals surface area contributed by atoms with Crippen molar-refractivity contribution in [3.8, 4) is 5.75 Å². The van der Waals surface area contributed by atoms with Gasteiger partial charge in [-0.15, -0.1) is 0 Å². The zero-order chi connectivity index (χ0) is 25.4. The van der Waals surface area contributed by atoms with Crippen molar-refractivity contribution in [3.05, 3.63) is 40.2 Å². The van der Waals surface area contributed by atoms with Crippen molar-refractivity contribution in [2.24, 2.45) is 0 Å². The molecular formula is C22H28O13. The lowest BCUT2D eigenvalue weighted by atomic mass is 9.97. The Morgan fingerprint density at radius 3 is 2.17 bits per heavy atom. The smallest absolute Gasteiger partial charge is 0.336 e. The summed E-state index contributed by atoms with van der Waals surface area (Å²) in [5.74, 6) is 0.146. The first-order valence-corrected chi connectivity index (χ1v) is 10.9. The van der Waals surface area contributed by atoms with E-state index in [9.17, 15) is 40.5 Å². The lowest BCUT2D eigenvalue weighted by molar-refractivity contribution is -0.352. The SMILES string of the molecule is Cc1cc(=O)oc2cc(O[C@@H]3OC(CO)[C@@H](O[C@@H]4OC(CO)[C@H](O)[C@H](O)C4O)[C@H](O)C3O)ccc12. The van der Waals surface area contributed by atoms with Crippen molar-refractivity contribution in [2.75, 3.05) is 13.2 Å². The van der Waals surface area contributed by atoms with Gasteiger partial charge in [-0.3, -0.25) is 0 Å². The summed E-state index contributed by atoms with van der Waals surface area (Å²) in [5, 5.41) is 71.1. The molecule has 2 aromatic rings. The van der Waals surface area contributed by atoms with Crippen LogP contribution < -0.4 is 10.4 Å². The monoisotopic (exact) mass is 500 g/mol. The van der Waals surface area contributed by atoms with E-state index < -0.39 is 80.3 Å². The van der Waals surface area contributed by atoms with Crippen LogP contribution in [0.3, 0.4) is 0 Å². The molecule has 1 aromatic carbocycles. The third kappa shape index (κ3) is 5.06. The second-order valence-corrected chi connectivity index (χ2v) is 8.53. The van der Waals surface area contributed by atoms with Crippen LogP contribution in [-0.4, -0.2) is 110 Å². The predicted molar refractivity (Wildman–Crippen MR) is 114 cm³/mol. The lowest BCUT2D eigenvalue weighted by Gasteiger charge is -2.45. The van der Waals surface area contributed by atoms with Gasteiger partial charge in [-0.25, -0.2) is 4.79 Å². The van der Waals surface area contributed by atoms with E-state index in [2.05, 4.69) is 0 Å². The standard InChI is InChI=1S/C22H28O13/c1-8-4-14(25)32-11-5-9(2-3-10(8)11)31-21-19(30)17(28)20(13(7-24)34-21)35-22-18(29)16(27)15(26)12(6-23)33-22/h2-5,12-13,15-24,26-30H,6-7H2,1H3/t12?,13?,15-,16-,17+,18?,19?,20+,21+,22-/m0/s1. The Labute approximate surface area is 198 Å². The Balaban J connectivity index is 1.50. The van der Waals surface area contributed by atoms with Gasteiger partial charge < -0.3 is 59.1 Å². The van der Waals surface area contributed by atoms with Crippen LogP contribution >= 0.6 is 0 Å².